The zero-order valence-electron chi connectivity index (χ0n) is 11.1. The zero-order chi connectivity index (χ0) is 12.5. The van der Waals surface area contributed by atoms with Crippen LogP contribution in [-0.4, -0.2) is 25.2 Å². The van der Waals surface area contributed by atoms with E-state index >= 15 is 0 Å². The van der Waals surface area contributed by atoms with Gasteiger partial charge >= 0.3 is 5.97 Å². The standard InChI is InChI=1S/C14H25NO2/c1-3-12-7-9-13(10-8-12)15-11-5-6-14(16)17-4-2/h5-6,12-13,15H,3-4,7-11H2,1-2H3/b6-5+. The van der Waals surface area contributed by atoms with Crippen molar-refractivity contribution in [3.8, 4) is 0 Å². The summed E-state index contributed by atoms with van der Waals surface area (Å²) in [5, 5.41) is 3.47. The van der Waals surface area contributed by atoms with Crippen LogP contribution in [-0.2, 0) is 9.53 Å². The van der Waals surface area contributed by atoms with E-state index in [2.05, 4.69) is 12.2 Å². The largest absolute Gasteiger partial charge is 0.463 e. The summed E-state index contributed by atoms with van der Waals surface area (Å²) >= 11 is 0. The summed E-state index contributed by atoms with van der Waals surface area (Å²) in [4.78, 5) is 11.0. The third-order valence-electron chi connectivity index (χ3n) is 3.49. The highest BCUT2D eigenvalue weighted by Crippen LogP contribution is 2.26. The summed E-state index contributed by atoms with van der Waals surface area (Å²) in [5.74, 6) is 0.687. The minimum absolute atomic E-state index is 0.246. The fraction of sp³-hybridized carbons (Fsp3) is 0.786. The lowest BCUT2D eigenvalue weighted by atomic mass is 9.84. The van der Waals surface area contributed by atoms with Crippen LogP contribution in [0.4, 0.5) is 0 Å². The lowest BCUT2D eigenvalue weighted by molar-refractivity contribution is -0.137. The van der Waals surface area contributed by atoms with Crippen molar-refractivity contribution in [3.63, 3.8) is 0 Å². The first kappa shape index (κ1) is 14.2. The molecule has 0 radical (unpaired) electrons. The molecule has 1 rings (SSSR count). The molecule has 1 N–H and O–H groups in total. The Kier molecular flexibility index (Phi) is 6.94. The van der Waals surface area contributed by atoms with E-state index in [0.717, 1.165) is 12.5 Å². The highest BCUT2D eigenvalue weighted by Gasteiger charge is 2.18. The van der Waals surface area contributed by atoms with Crippen LogP contribution in [0.3, 0.4) is 0 Å². The number of esters is 1. The molecule has 0 heterocycles. The minimum atomic E-state index is -0.246. The van der Waals surface area contributed by atoms with Crippen molar-refractivity contribution in [2.24, 2.45) is 5.92 Å². The van der Waals surface area contributed by atoms with Crippen LogP contribution in [0.15, 0.2) is 12.2 Å². The van der Waals surface area contributed by atoms with Gasteiger partial charge in [0.15, 0.2) is 0 Å². The van der Waals surface area contributed by atoms with E-state index in [1.54, 1.807) is 0 Å². The SMILES string of the molecule is CCOC(=O)/C=C/CNC1CCC(CC)CC1. The molecule has 0 bridgehead atoms. The van der Waals surface area contributed by atoms with Crippen LogP contribution in [0.2, 0.25) is 0 Å². The second-order valence-electron chi connectivity index (χ2n) is 4.69. The van der Waals surface area contributed by atoms with Crippen LogP contribution >= 0.6 is 0 Å². The molecule has 3 heteroatoms. The van der Waals surface area contributed by atoms with Crippen molar-refractivity contribution in [3.05, 3.63) is 12.2 Å². The summed E-state index contributed by atoms with van der Waals surface area (Å²) in [6.45, 7) is 5.30. The highest BCUT2D eigenvalue weighted by molar-refractivity contribution is 5.81. The number of carbonyl (C=O) groups excluding carboxylic acids is 1. The first-order valence-electron chi connectivity index (χ1n) is 6.82. The van der Waals surface area contributed by atoms with Crippen molar-refractivity contribution in [2.45, 2.75) is 52.0 Å². The molecule has 0 aromatic carbocycles. The molecule has 1 fully saturated rings. The molecule has 1 aliphatic rings. The average molecular weight is 239 g/mol. The van der Waals surface area contributed by atoms with E-state index in [-0.39, 0.29) is 5.97 Å². The van der Waals surface area contributed by atoms with Crippen LogP contribution in [0.25, 0.3) is 0 Å². The molecule has 0 unspecified atom stereocenters. The van der Waals surface area contributed by atoms with Crippen LogP contribution in [0.1, 0.15) is 46.0 Å². The van der Waals surface area contributed by atoms with Gasteiger partial charge in [0.25, 0.3) is 0 Å². The first-order chi connectivity index (χ1) is 8.26. The molecule has 0 spiro atoms. The first-order valence-corrected chi connectivity index (χ1v) is 6.82. The number of hydrogen-bond donors (Lipinski definition) is 1. The number of ether oxygens (including phenoxy) is 1. The second kappa shape index (κ2) is 8.29. The number of rotatable bonds is 6. The van der Waals surface area contributed by atoms with Crippen molar-refractivity contribution in [1.82, 2.24) is 5.32 Å². The molecule has 98 valence electrons. The van der Waals surface area contributed by atoms with Gasteiger partial charge in [0.1, 0.15) is 0 Å². The molecule has 0 aliphatic heterocycles. The monoisotopic (exact) mass is 239 g/mol. The quantitative estimate of drug-likeness (QED) is 0.572. The van der Waals surface area contributed by atoms with Gasteiger partial charge < -0.3 is 10.1 Å². The normalized spacial score (nSPS) is 25.1. The van der Waals surface area contributed by atoms with Gasteiger partial charge in [0.05, 0.1) is 6.61 Å². The molecule has 1 saturated carbocycles. The predicted molar refractivity (Wildman–Crippen MR) is 69.8 cm³/mol. The van der Waals surface area contributed by atoms with Gasteiger partial charge in [-0.1, -0.05) is 19.4 Å². The highest BCUT2D eigenvalue weighted by atomic mass is 16.5. The van der Waals surface area contributed by atoms with E-state index in [0.29, 0.717) is 12.6 Å². The Morgan fingerprint density at radius 3 is 2.59 bits per heavy atom. The maximum Gasteiger partial charge on any atom is 0.330 e. The van der Waals surface area contributed by atoms with E-state index in [9.17, 15) is 4.79 Å². The van der Waals surface area contributed by atoms with Gasteiger partial charge in [-0.05, 0) is 38.5 Å². The van der Waals surface area contributed by atoms with E-state index in [4.69, 9.17) is 4.74 Å². The topological polar surface area (TPSA) is 38.3 Å². The number of carbonyl (C=O) groups is 1. The third kappa shape index (κ3) is 5.87. The molecular weight excluding hydrogens is 214 g/mol. The minimum Gasteiger partial charge on any atom is -0.463 e. The second-order valence-corrected chi connectivity index (χ2v) is 4.69. The van der Waals surface area contributed by atoms with E-state index in [1.165, 1.54) is 38.2 Å². The molecular formula is C14H25NO2. The maximum absolute atomic E-state index is 11.0. The van der Waals surface area contributed by atoms with Gasteiger partial charge in [0, 0.05) is 18.7 Å². The Bertz CT molecular complexity index is 243. The lowest BCUT2D eigenvalue weighted by Gasteiger charge is -2.28. The average Bonchev–Trinajstić information content (AvgIpc) is 2.36. The van der Waals surface area contributed by atoms with Crippen molar-refractivity contribution in [2.75, 3.05) is 13.2 Å². The van der Waals surface area contributed by atoms with Gasteiger partial charge in [-0.15, -0.1) is 0 Å². The Hall–Kier alpha value is -0.830. The fourth-order valence-corrected chi connectivity index (χ4v) is 2.36. The van der Waals surface area contributed by atoms with E-state index in [1.807, 2.05) is 13.0 Å². The molecule has 17 heavy (non-hydrogen) atoms. The molecule has 0 saturated heterocycles. The maximum atomic E-state index is 11.0. The van der Waals surface area contributed by atoms with Gasteiger partial charge in [0.2, 0.25) is 0 Å². The van der Waals surface area contributed by atoms with Gasteiger partial charge in [-0.3, -0.25) is 0 Å². The van der Waals surface area contributed by atoms with Gasteiger partial charge in [-0.2, -0.15) is 0 Å². The Balaban J connectivity index is 2.09. The smallest absolute Gasteiger partial charge is 0.330 e. The van der Waals surface area contributed by atoms with Crippen LogP contribution in [0.5, 0.6) is 0 Å². The molecule has 0 amide bonds. The molecule has 1 aliphatic carbocycles. The van der Waals surface area contributed by atoms with Gasteiger partial charge in [-0.25, -0.2) is 4.79 Å². The number of nitrogens with one attached hydrogen (secondary N) is 1. The molecule has 0 aromatic heterocycles. The van der Waals surface area contributed by atoms with E-state index < -0.39 is 0 Å². The molecule has 0 aromatic rings. The summed E-state index contributed by atoms with van der Waals surface area (Å²) in [5.41, 5.74) is 0. The van der Waals surface area contributed by atoms with Crippen LogP contribution in [0, 0.1) is 5.92 Å². The summed E-state index contributed by atoms with van der Waals surface area (Å²) in [6, 6.07) is 0.629. The van der Waals surface area contributed by atoms with Crippen molar-refractivity contribution in [1.29, 1.82) is 0 Å². The van der Waals surface area contributed by atoms with Crippen LogP contribution < -0.4 is 5.32 Å². The molecule has 0 atom stereocenters. The van der Waals surface area contributed by atoms with Crippen molar-refractivity contribution < 1.29 is 9.53 Å². The van der Waals surface area contributed by atoms with Crippen molar-refractivity contribution >= 4 is 5.97 Å². The molecule has 3 nitrogen and oxygen atoms in total. The Labute approximate surface area is 105 Å². The third-order valence-corrected chi connectivity index (χ3v) is 3.49. The Morgan fingerprint density at radius 1 is 1.29 bits per heavy atom. The Morgan fingerprint density at radius 2 is 2.00 bits per heavy atom. The predicted octanol–water partition coefficient (Wildman–Crippen LogP) is 2.66. The summed E-state index contributed by atoms with van der Waals surface area (Å²) in [6.07, 6.45) is 9.90. The summed E-state index contributed by atoms with van der Waals surface area (Å²) < 4.78 is 4.81. The summed E-state index contributed by atoms with van der Waals surface area (Å²) in [7, 11) is 0. The zero-order valence-corrected chi connectivity index (χ0v) is 11.1. The lowest BCUT2D eigenvalue weighted by Crippen LogP contribution is -2.33. The number of hydrogen-bond acceptors (Lipinski definition) is 3. The fourth-order valence-electron chi connectivity index (χ4n) is 2.36.